The maximum Gasteiger partial charge on any atom is 0.203 e. The minimum Gasteiger partial charge on any atom is -0.347 e. The maximum atomic E-state index is 4.68. The molecule has 136 valence electrons. The number of hydrogen-bond donors (Lipinski definition) is 1. The molecule has 2 aromatic heterocycles. The summed E-state index contributed by atoms with van der Waals surface area (Å²) in [6.07, 6.45) is 1.88. The lowest BCUT2D eigenvalue weighted by molar-refractivity contribution is 0.916. The van der Waals surface area contributed by atoms with Crippen LogP contribution in [0.3, 0.4) is 0 Å². The summed E-state index contributed by atoms with van der Waals surface area (Å²) in [6.45, 7) is 6.34. The third kappa shape index (κ3) is 3.26. The van der Waals surface area contributed by atoms with Gasteiger partial charge in [0.25, 0.3) is 0 Å². The lowest BCUT2D eigenvalue weighted by Gasteiger charge is -2.03. The minimum atomic E-state index is 0.791. The molecule has 1 N–H and O–H groups in total. The highest BCUT2D eigenvalue weighted by molar-refractivity contribution is 7.14. The van der Waals surface area contributed by atoms with E-state index in [-0.39, 0.29) is 0 Å². The van der Waals surface area contributed by atoms with Crippen molar-refractivity contribution in [1.29, 1.82) is 0 Å². The van der Waals surface area contributed by atoms with Gasteiger partial charge < -0.3 is 4.57 Å². The second-order valence-electron chi connectivity index (χ2n) is 6.80. The summed E-state index contributed by atoms with van der Waals surface area (Å²) in [5.41, 5.74) is 11.3. The van der Waals surface area contributed by atoms with Crippen LogP contribution in [0.5, 0.6) is 0 Å². The molecule has 0 fully saturated rings. The summed E-state index contributed by atoms with van der Waals surface area (Å²) in [5, 5.41) is 8.50. The van der Waals surface area contributed by atoms with E-state index in [2.05, 4.69) is 95.7 Å². The summed E-state index contributed by atoms with van der Waals surface area (Å²) < 4.78 is 2.19. The van der Waals surface area contributed by atoms with Crippen LogP contribution in [0.15, 0.2) is 52.9 Å². The highest BCUT2D eigenvalue weighted by Gasteiger charge is 2.10. The van der Waals surface area contributed by atoms with Crippen LogP contribution in [0.2, 0.25) is 0 Å². The van der Waals surface area contributed by atoms with Crippen LogP contribution >= 0.6 is 11.3 Å². The zero-order valence-electron chi connectivity index (χ0n) is 15.9. The molecule has 4 nitrogen and oxygen atoms in total. The fourth-order valence-electron chi connectivity index (χ4n) is 3.41. The Morgan fingerprint density at radius 1 is 1.11 bits per heavy atom. The zero-order valence-corrected chi connectivity index (χ0v) is 16.8. The molecule has 0 saturated carbocycles. The predicted octanol–water partition coefficient (Wildman–Crippen LogP) is 5.67. The average molecular weight is 375 g/mol. The molecule has 0 amide bonds. The van der Waals surface area contributed by atoms with Crippen LogP contribution < -0.4 is 5.43 Å². The molecule has 0 unspecified atom stereocenters. The first-order valence-corrected chi connectivity index (χ1v) is 9.79. The molecule has 2 aromatic carbocycles. The normalized spacial score (nSPS) is 11.6. The molecule has 5 heteroatoms. The molecule has 0 saturated heterocycles. The molecule has 4 rings (SSSR count). The fourth-order valence-corrected chi connectivity index (χ4v) is 4.07. The number of aryl methyl sites for hydroxylation is 3. The summed E-state index contributed by atoms with van der Waals surface area (Å²) >= 11 is 1.56. The molecule has 0 aliphatic rings. The van der Waals surface area contributed by atoms with E-state index in [1.54, 1.807) is 11.3 Å². The highest BCUT2D eigenvalue weighted by Crippen LogP contribution is 2.28. The first-order chi connectivity index (χ1) is 13.0. The minimum absolute atomic E-state index is 0.791. The van der Waals surface area contributed by atoms with Crippen molar-refractivity contribution in [3.63, 3.8) is 0 Å². The van der Waals surface area contributed by atoms with Crippen LogP contribution in [-0.2, 0) is 7.05 Å². The van der Waals surface area contributed by atoms with E-state index in [0.717, 1.165) is 16.4 Å². The number of hydrazone groups is 1. The molecule has 0 radical (unpaired) electrons. The number of aromatic nitrogens is 2. The molecule has 27 heavy (non-hydrogen) atoms. The molecular formula is C22H22N4S. The van der Waals surface area contributed by atoms with E-state index in [1.165, 1.54) is 33.3 Å². The SMILES string of the molecule is Cc1ccc(-c2csc(N/N=C\c3c(C)n(C)c4ccccc34)n2)c(C)c1. The number of benzene rings is 2. The number of anilines is 1. The van der Waals surface area contributed by atoms with Crippen molar-refractivity contribution in [1.82, 2.24) is 9.55 Å². The summed E-state index contributed by atoms with van der Waals surface area (Å²) in [5.74, 6) is 0. The van der Waals surface area contributed by atoms with E-state index < -0.39 is 0 Å². The van der Waals surface area contributed by atoms with Crippen LogP contribution in [0.1, 0.15) is 22.4 Å². The Labute approximate surface area is 163 Å². The zero-order chi connectivity index (χ0) is 19.0. The monoisotopic (exact) mass is 374 g/mol. The average Bonchev–Trinajstić information content (AvgIpc) is 3.21. The van der Waals surface area contributed by atoms with Gasteiger partial charge in [0.15, 0.2) is 0 Å². The number of rotatable bonds is 4. The third-order valence-corrected chi connectivity index (χ3v) is 5.71. The third-order valence-electron chi connectivity index (χ3n) is 4.96. The van der Waals surface area contributed by atoms with Gasteiger partial charge in [0.05, 0.1) is 11.9 Å². The first-order valence-electron chi connectivity index (χ1n) is 8.91. The number of nitrogens with zero attached hydrogens (tertiary/aromatic N) is 3. The lowest BCUT2D eigenvalue weighted by atomic mass is 10.0. The molecule has 0 atom stereocenters. The van der Waals surface area contributed by atoms with Gasteiger partial charge in [-0.1, -0.05) is 42.0 Å². The highest BCUT2D eigenvalue weighted by atomic mass is 32.1. The topological polar surface area (TPSA) is 42.2 Å². The van der Waals surface area contributed by atoms with Gasteiger partial charge in [-0.25, -0.2) is 4.98 Å². The van der Waals surface area contributed by atoms with E-state index in [0.29, 0.717) is 0 Å². The molecule has 0 aliphatic heterocycles. The Balaban J connectivity index is 1.57. The summed E-state index contributed by atoms with van der Waals surface area (Å²) in [7, 11) is 2.08. The number of nitrogens with one attached hydrogen (secondary N) is 1. The largest absolute Gasteiger partial charge is 0.347 e. The van der Waals surface area contributed by atoms with Gasteiger partial charge in [-0.3, -0.25) is 5.43 Å². The van der Waals surface area contributed by atoms with Gasteiger partial charge in [0.1, 0.15) is 0 Å². The molecular weight excluding hydrogens is 352 g/mol. The van der Waals surface area contributed by atoms with Gasteiger partial charge in [-0.2, -0.15) is 5.10 Å². The second kappa shape index (κ2) is 7.00. The molecule has 0 aliphatic carbocycles. The Morgan fingerprint density at radius 2 is 1.93 bits per heavy atom. The van der Waals surface area contributed by atoms with Crippen molar-refractivity contribution in [3.05, 3.63) is 70.2 Å². The molecule has 2 heterocycles. The fraction of sp³-hybridized carbons (Fsp3) is 0.182. The van der Waals surface area contributed by atoms with Crippen molar-refractivity contribution >= 4 is 33.6 Å². The lowest BCUT2D eigenvalue weighted by Crippen LogP contribution is -1.94. The smallest absolute Gasteiger partial charge is 0.203 e. The predicted molar refractivity (Wildman–Crippen MR) is 116 cm³/mol. The second-order valence-corrected chi connectivity index (χ2v) is 7.66. The van der Waals surface area contributed by atoms with E-state index in [1.807, 2.05) is 6.21 Å². The Hall–Kier alpha value is -2.92. The number of thiazole rings is 1. The van der Waals surface area contributed by atoms with E-state index in [4.69, 9.17) is 0 Å². The molecule has 0 spiro atoms. The first kappa shape index (κ1) is 17.5. The number of fused-ring (bicyclic) bond motifs is 1. The van der Waals surface area contributed by atoms with Crippen LogP contribution in [0, 0.1) is 20.8 Å². The van der Waals surface area contributed by atoms with Crippen molar-refractivity contribution in [2.24, 2.45) is 12.1 Å². The maximum absolute atomic E-state index is 4.68. The van der Waals surface area contributed by atoms with Gasteiger partial charge in [-0.15, -0.1) is 11.3 Å². The van der Waals surface area contributed by atoms with Gasteiger partial charge in [0, 0.05) is 40.2 Å². The molecule has 4 aromatic rings. The van der Waals surface area contributed by atoms with Crippen molar-refractivity contribution < 1.29 is 0 Å². The van der Waals surface area contributed by atoms with Crippen LogP contribution in [0.4, 0.5) is 5.13 Å². The van der Waals surface area contributed by atoms with Gasteiger partial charge in [-0.05, 0) is 32.4 Å². The Bertz CT molecular complexity index is 1150. The number of para-hydroxylation sites is 1. The van der Waals surface area contributed by atoms with E-state index >= 15 is 0 Å². The van der Waals surface area contributed by atoms with Crippen molar-refractivity contribution in [3.8, 4) is 11.3 Å². The van der Waals surface area contributed by atoms with Crippen LogP contribution in [-0.4, -0.2) is 15.8 Å². The summed E-state index contributed by atoms with van der Waals surface area (Å²) in [4.78, 5) is 4.68. The standard InChI is InChI=1S/C22H22N4S/c1-14-9-10-17(15(2)11-14)20-13-27-22(24-20)25-23-12-19-16(3)26(4)21-8-6-5-7-18(19)21/h5-13H,1-4H3,(H,24,25)/b23-12-. The van der Waals surface area contributed by atoms with Crippen molar-refractivity contribution in [2.75, 3.05) is 5.43 Å². The Morgan fingerprint density at radius 3 is 2.74 bits per heavy atom. The Kier molecular flexibility index (Phi) is 4.54. The quantitative estimate of drug-likeness (QED) is 0.369. The van der Waals surface area contributed by atoms with Crippen LogP contribution in [0.25, 0.3) is 22.2 Å². The van der Waals surface area contributed by atoms with Gasteiger partial charge in [0.2, 0.25) is 5.13 Å². The van der Waals surface area contributed by atoms with Crippen molar-refractivity contribution in [2.45, 2.75) is 20.8 Å². The molecule has 0 bridgehead atoms. The number of hydrogen-bond acceptors (Lipinski definition) is 4. The van der Waals surface area contributed by atoms with Gasteiger partial charge >= 0.3 is 0 Å². The summed E-state index contributed by atoms with van der Waals surface area (Å²) in [6, 6.07) is 14.8. The van der Waals surface area contributed by atoms with E-state index in [9.17, 15) is 0 Å².